The van der Waals surface area contributed by atoms with Crippen molar-refractivity contribution in [3.8, 4) is 11.3 Å². The van der Waals surface area contributed by atoms with Crippen LogP contribution in [0.25, 0.3) is 11.3 Å². The van der Waals surface area contributed by atoms with E-state index in [0.29, 0.717) is 17.8 Å². The van der Waals surface area contributed by atoms with Crippen molar-refractivity contribution < 1.29 is 19.4 Å². The molecule has 1 saturated heterocycles. The minimum absolute atomic E-state index is 0.161. The van der Waals surface area contributed by atoms with Crippen LogP contribution in [0.4, 0.5) is 0 Å². The highest BCUT2D eigenvalue weighted by Gasteiger charge is 2.34. The molecule has 0 unspecified atom stereocenters. The molecule has 1 aliphatic heterocycles. The molecule has 1 amide bonds. The second-order valence-electron chi connectivity index (χ2n) is 4.86. The molecular weight excluding hydrogens is 262 g/mol. The Bertz CT molecular complexity index is 593. The Kier molecular flexibility index (Phi) is 3.29. The smallest absolute Gasteiger partial charge is 0.272 e. The summed E-state index contributed by atoms with van der Waals surface area (Å²) in [5, 5.41) is 25.6. The van der Waals surface area contributed by atoms with Gasteiger partial charge in [0, 0.05) is 12.1 Å². The summed E-state index contributed by atoms with van der Waals surface area (Å²) in [6.07, 6.45) is 2.88. The van der Waals surface area contributed by atoms with Gasteiger partial charge in [0.2, 0.25) is 0 Å². The third kappa shape index (κ3) is 2.21. The van der Waals surface area contributed by atoms with Crippen molar-refractivity contribution in [3.05, 3.63) is 30.4 Å². The molecule has 20 heavy (non-hydrogen) atoms. The average molecular weight is 277 g/mol. The highest BCUT2D eigenvalue weighted by molar-refractivity contribution is 5.93. The van der Waals surface area contributed by atoms with Crippen LogP contribution in [0.3, 0.4) is 0 Å². The van der Waals surface area contributed by atoms with E-state index in [-0.39, 0.29) is 25.1 Å². The molecule has 0 spiro atoms. The molecular formula is C13H15N3O4. The van der Waals surface area contributed by atoms with Crippen LogP contribution in [0.1, 0.15) is 16.9 Å². The molecule has 0 aliphatic carbocycles. The lowest BCUT2D eigenvalue weighted by atomic mass is 10.2. The number of carbonyl (C=O) groups is 1. The predicted molar refractivity (Wildman–Crippen MR) is 68.8 cm³/mol. The number of hydrogen-bond donors (Lipinski definition) is 3. The molecule has 1 aliphatic rings. The van der Waals surface area contributed by atoms with Crippen LogP contribution in [0.2, 0.25) is 0 Å². The SMILES string of the molecule is O=C(c1cc(-c2ccoc2)n[nH]1)N1C[C@@H](O)C[C@H]1CO. The fourth-order valence-electron chi connectivity index (χ4n) is 2.46. The van der Waals surface area contributed by atoms with Crippen molar-refractivity contribution in [1.29, 1.82) is 0 Å². The zero-order valence-electron chi connectivity index (χ0n) is 10.7. The van der Waals surface area contributed by atoms with E-state index in [4.69, 9.17) is 4.42 Å². The summed E-state index contributed by atoms with van der Waals surface area (Å²) in [5.41, 5.74) is 1.72. The summed E-state index contributed by atoms with van der Waals surface area (Å²) in [6.45, 7) is 0.0651. The molecule has 0 saturated carbocycles. The summed E-state index contributed by atoms with van der Waals surface area (Å²) in [7, 11) is 0. The van der Waals surface area contributed by atoms with Crippen molar-refractivity contribution in [3.63, 3.8) is 0 Å². The van der Waals surface area contributed by atoms with Gasteiger partial charge in [-0.25, -0.2) is 0 Å². The third-order valence-electron chi connectivity index (χ3n) is 3.49. The Labute approximate surface area is 114 Å². The number of aromatic nitrogens is 2. The summed E-state index contributed by atoms with van der Waals surface area (Å²) in [5.74, 6) is -0.275. The van der Waals surface area contributed by atoms with Crippen LogP contribution in [0, 0.1) is 0 Å². The predicted octanol–water partition coefficient (Wildman–Crippen LogP) is 0.237. The molecule has 1 fully saturated rings. The molecule has 2 atom stereocenters. The van der Waals surface area contributed by atoms with E-state index >= 15 is 0 Å². The van der Waals surface area contributed by atoms with Crippen LogP contribution in [0.5, 0.6) is 0 Å². The molecule has 0 aromatic carbocycles. The standard InChI is InChI=1S/C13H15N3O4/c17-6-9-3-10(18)5-16(9)13(19)12-4-11(14-15-12)8-1-2-20-7-8/h1-2,4,7,9-10,17-18H,3,5-6H2,(H,14,15)/t9-,10-/m0/s1. The number of nitrogens with one attached hydrogen (secondary N) is 1. The maximum absolute atomic E-state index is 12.4. The lowest BCUT2D eigenvalue weighted by molar-refractivity contribution is 0.0659. The van der Waals surface area contributed by atoms with Gasteiger partial charge in [0.05, 0.1) is 37.0 Å². The van der Waals surface area contributed by atoms with Crippen LogP contribution in [-0.4, -0.2) is 56.5 Å². The zero-order chi connectivity index (χ0) is 14.1. The number of aromatic amines is 1. The van der Waals surface area contributed by atoms with Crippen molar-refractivity contribution >= 4 is 5.91 Å². The van der Waals surface area contributed by atoms with Crippen LogP contribution >= 0.6 is 0 Å². The number of hydrogen-bond acceptors (Lipinski definition) is 5. The van der Waals surface area contributed by atoms with Crippen LogP contribution in [-0.2, 0) is 0 Å². The molecule has 7 nitrogen and oxygen atoms in total. The Morgan fingerprint density at radius 2 is 2.45 bits per heavy atom. The molecule has 2 aromatic heterocycles. The van der Waals surface area contributed by atoms with Gasteiger partial charge in [0.25, 0.3) is 5.91 Å². The van der Waals surface area contributed by atoms with Gasteiger partial charge in [-0.3, -0.25) is 9.89 Å². The number of furan rings is 1. The Balaban J connectivity index is 1.81. The fourth-order valence-corrected chi connectivity index (χ4v) is 2.46. The Morgan fingerprint density at radius 3 is 3.15 bits per heavy atom. The van der Waals surface area contributed by atoms with E-state index in [0.717, 1.165) is 5.56 Å². The number of likely N-dealkylation sites (tertiary alicyclic amines) is 1. The van der Waals surface area contributed by atoms with E-state index in [1.807, 2.05) is 0 Å². The zero-order valence-corrected chi connectivity index (χ0v) is 10.7. The topological polar surface area (TPSA) is 103 Å². The normalized spacial score (nSPS) is 22.4. The number of amides is 1. The first-order valence-corrected chi connectivity index (χ1v) is 6.37. The van der Waals surface area contributed by atoms with Gasteiger partial charge in [-0.15, -0.1) is 0 Å². The maximum Gasteiger partial charge on any atom is 0.272 e. The molecule has 106 valence electrons. The highest BCUT2D eigenvalue weighted by atomic mass is 16.3. The summed E-state index contributed by atoms with van der Waals surface area (Å²) in [4.78, 5) is 13.8. The van der Waals surface area contributed by atoms with Gasteiger partial charge in [-0.05, 0) is 18.6 Å². The first kappa shape index (κ1) is 12.9. The largest absolute Gasteiger partial charge is 0.472 e. The lowest BCUT2D eigenvalue weighted by Gasteiger charge is -2.21. The molecule has 7 heteroatoms. The lowest BCUT2D eigenvalue weighted by Crippen LogP contribution is -2.38. The molecule has 0 radical (unpaired) electrons. The van der Waals surface area contributed by atoms with Gasteiger partial charge in [-0.2, -0.15) is 5.10 Å². The number of aliphatic hydroxyl groups is 2. The second-order valence-corrected chi connectivity index (χ2v) is 4.86. The van der Waals surface area contributed by atoms with E-state index in [9.17, 15) is 15.0 Å². The van der Waals surface area contributed by atoms with Crippen LogP contribution < -0.4 is 0 Å². The van der Waals surface area contributed by atoms with Crippen molar-refractivity contribution in [2.24, 2.45) is 0 Å². The minimum atomic E-state index is -0.590. The number of aliphatic hydroxyl groups excluding tert-OH is 2. The second kappa shape index (κ2) is 5.10. The van der Waals surface area contributed by atoms with Gasteiger partial charge in [-0.1, -0.05) is 0 Å². The van der Waals surface area contributed by atoms with E-state index < -0.39 is 6.10 Å². The fraction of sp³-hybridized carbons (Fsp3) is 0.385. The van der Waals surface area contributed by atoms with E-state index in [1.165, 1.54) is 11.2 Å². The maximum atomic E-state index is 12.4. The minimum Gasteiger partial charge on any atom is -0.472 e. The van der Waals surface area contributed by atoms with E-state index in [1.54, 1.807) is 18.4 Å². The molecule has 0 bridgehead atoms. The molecule has 3 heterocycles. The van der Waals surface area contributed by atoms with E-state index in [2.05, 4.69) is 10.2 Å². The summed E-state index contributed by atoms with van der Waals surface area (Å²) in [6, 6.07) is 3.03. The average Bonchev–Trinajstić information content (AvgIpc) is 3.17. The van der Waals surface area contributed by atoms with Crippen molar-refractivity contribution in [1.82, 2.24) is 15.1 Å². The van der Waals surface area contributed by atoms with Gasteiger partial charge in [0.15, 0.2) is 0 Å². The Morgan fingerprint density at radius 1 is 1.60 bits per heavy atom. The number of β-amino-alcohol motifs (C(OH)–C–C–N with tert-alkyl or cyclic N) is 1. The quantitative estimate of drug-likeness (QED) is 0.745. The number of rotatable bonds is 3. The molecule has 3 rings (SSSR count). The number of carbonyl (C=O) groups excluding carboxylic acids is 1. The van der Waals surface area contributed by atoms with Gasteiger partial charge >= 0.3 is 0 Å². The molecule has 2 aromatic rings. The summed E-state index contributed by atoms with van der Waals surface area (Å²) >= 11 is 0. The Hall–Kier alpha value is -2.12. The monoisotopic (exact) mass is 277 g/mol. The molecule has 3 N–H and O–H groups in total. The first-order valence-electron chi connectivity index (χ1n) is 6.37. The van der Waals surface area contributed by atoms with Gasteiger partial charge in [0.1, 0.15) is 5.69 Å². The van der Waals surface area contributed by atoms with Gasteiger partial charge < -0.3 is 19.5 Å². The highest BCUT2D eigenvalue weighted by Crippen LogP contribution is 2.22. The third-order valence-corrected chi connectivity index (χ3v) is 3.49. The number of H-pyrrole nitrogens is 1. The first-order chi connectivity index (χ1) is 9.69. The van der Waals surface area contributed by atoms with Crippen molar-refractivity contribution in [2.75, 3.05) is 13.2 Å². The summed E-state index contributed by atoms with van der Waals surface area (Å²) < 4.78 is 4.97. The van der Waals surface area contributed by atoms with Crippen LogP contribution in [0.15, 0.2) is 29.1 Å². The number of nitrogens with zero attached hydrogens (tertiary/aromatic N) is 2. The van der Waals surface area contributed by atoms with Crippen molar-refractivity contribution in [2.45, 2.75) is 18.6 Å².